The molecule has 4 rings (SSSR count). The highest BCUT2D eigenvalue weighted by atomic mass is 16.5. The van der Waals surface area contributed by atoms with E-state index in [1.165, 1.54) is 21.9 Å². The van der Waals surface area contributed by atoms with Gasteiger partial charge in [0.2, 0.25) is 0 Å². The maximum Gasteiger partial charge on any atom is 0.122 e. The highest BCUT2D eigenvalue weighted by Gasteiger charge is 2.29. The molecule has 1 aliphatic heterocycles. The molecular formula is C19H17NO. The summed E-state index contributed by atoms with van der Waals surface area (Å²) < 4.78 is 5.76. The monoisotopic (exact) mass is 275 g/mol. The maximum atomic E-state index is 6.53. The predicted molar refractivity (Wildman–Crippen MR) is 85.6 cm³/mol. The van der Waals surface area contributed by atoms with E-state index in [1.807, 2.05) is 18.2 Å². The number of fused-ring (bicyclic) bond motifs is 2. The third kappa shape index (κ3) is 2.08. The van der Waals surface area contributed by atoms with Crippen LogP contribution in [-0.2, 0) is 0 Å². The summed E-state index contributed by atoms with van der Waals surface area (Å²) in [5.74, 6) is 1.20. The number of para-hydroxylation sites is 1. The highest BCUT2D eigenvalue weighted by Crippen LogP contribution is 2.40. The second-order valence-electron chi connectivity index (χ2n) is 5.59. The summed E-state index contributed by atoms with van der Waals surface area (Å²) in [5, 5.41) is 2.48. The van der Waals surface area contributed by atoms with Gasteiger partial charge < -0.3 is 10.5 Å². The van der Waals surface area contributed by atoms with Crippen LogP contribution in [0.4, 0.5) is 0 Å². The Kier molecular flexibility index (Phi) is 2.90. The van der Waals surface area contributed by atoms with Crippen LogP contribution in [0.5, 0.6) is 5.75 Å². The second-order valence-corrected chi connectivity index (χ2v) is 5.59. The molecule has 0 saturated carbocycles. The van der Waals surface area contributed by atoms with E-state index in [0.717, 1.165) is 5.75 Å². The van der Waals surface area contributed by atoms with Gasteiger partial charge in [-0.1, -0.05) is 54.6 Å². The lowest BCUT2D eigenvalue weighted by Crippen LogP contribution is -2.20. The van der Waals surface area contributed by atoms with E-state index < -0.39 is 0 Å². The Labute approximate surface area is 124 Å². The summed E-state index contributed by atoms with van der Waals surface area (Å²) in [5.41, 5.74) is 8.91. The fraction of sp³-hybridized carbons (Fsp3) is 0.158. The summed E-state index contributed by atoms with van der Waals surface area (Å²) in [6.07, 6.45) is 0. The van der Waals surface area contributed by atoms with Crippen molar-refractivity contribution in [3.05, 3.63) is 77.9 Å². The van der Waals surface area contributed by atoms with Crippen LogP contribution >= 0.6 is 0 Å². The van der Waals surface area contributed by atoms with Gasteiger partial charge in [0.05, 0.1) is 6.61 Å². The minimum absolute atomic E-state index is 0.0433. The van der Waals surface area contributed by atoms with Crippen LogP contribution in [0.1, 0.15) is 23.1 Å². The van der Waals surface area contributed by atoms with Crippen LogP contribution in [0.3, 0.4) is 0 Å². The van der Waals surface area contributed by atoms with Crippen molar-refractivity contribution in [1.29, 1.82) is 0 Å². The third-order valence-electron chi connectivity index (χ3n) is 4.33. The van der Waals surface area contributed by atoms with Crippen LogP contribution in [0.25, 0.3) is 10.8 Å². The Morgan fingerprint density at radius 3 is 2.57 bits per heavy atom. The first-order valence-electron chi connectivity index (χ1n) is 7.29. The van der Waals surface area contributed by atoms with Gasteiger partial charge in [-0.25, -0.2) is 0 Å². The first-order chi connectivity index (χ1) is 10.3. The second kappa shape index (κ2) is 4.90. The Morgan fingerprint density at radius 1 is 0.905 bits per heavy atom. The molecule has 104 valence electrons. The number of hydrogen-bond donors (Lipinski definition) is 1. The van der Waals surface area contributed by atoms with Crippen molar-refractivity contribution in [1.82, 2.24) is 0 Å². The quantitative estimate of drug-likeness (QED) is 0.766. The molecule has 2 unspecified atom stereocenters. The fourth-order valence-electron chi connectivity index (χ4n) is 3.13. The predicted octanol–water partition coefficient (Wildman–Crippen LogP) is 4.02. The SMILES string of the molecule is NC(c1ccc2ccccc2c1)C1COc2ccccc21. The zero-order chi connectivity index (χ0) is 14.2. The van der Waals surface area contributed by atoms with E-state index in [-0.39, 0.29) is 12.0 Å². The lowest BCUT2D eigenvalue weighted by Gasteiger charge is -2.19. The standard InChI is InChI=1S/C19H17NO/c20-19(17-12-21-18-8-4-3-7-16(17)18)15-10-9-13-5-1-2-6-14(13)11-15/h1-11,17,19H,12,20H2. The maximum absolute atomic E-state index is 6.53. The number of benzene rings is 3. The van der Waals surface area contributed by atoms with Gasteiger partial charge in [0.25, 0.3) is 0 Å². The van der Waals surface area contributed by atoms with Crippen molar-refractivity contribution < 1.29 is 4.74 Å². The van der Waals surface area contributed by atoms with Gasteiger partial charge in [-0.05, 0) is 28.5 Å². The largest absolute Gasteiger partial charge is 0.493 e. The van der Waals surface area contributed by atoms with Crippen molar-refractivity contribution in [2.45, 2.75) is 12.0 Å². The third-order valence-corrected chi connectivity index (χ3v) is 4.33. The van der Waals surface area contributed by atoms with Crippen LogP contribution in [0.2, 0.25) is 0 Å². The molecule has 2 atom stereocenters. The zero-order valence-electron chi connectivity index (χ0n) is 11.7. The molecule has 3 aromatic rings. The lowest BCUT2D eigenvalue weighted by atomic mass is 9.88. The van der Waals surface area contributed by atoms with E-state index in [1.54, 1.807) is 0 Å². The molecule has 1 aliphatic rings. The van der Waals surface area contributed by atoms with E-state index >= 15 is 0 Å². The van der Waals surface area contributed by atoms with E-state index in [9.17, 15) is 0 Å². The summed E-state index contributed by atoms with van der Waals surface area (Å²) in [6.45, 7) is 0.660. The van der Waals surface area contributed by atoms with Crippen molar-refractivity contribution in [2.75, 3.05) is 6.61 Å². The minimum atomic E-state index is -0.0433. The smallest absolute Gasteiger partial charge is 0.122 e. The molecule has 0 aliphatic carbocycles. The van der Waals surface area contributed by atoms with Crippen molar-refractivity contribution >= 4 is 10.8 Å². The van der Waals surface area contributed by atoms with E-state index in [4.69, 9.17) is 10.5 Å². The van der Waals surface area contributed by atoms with Crippen molar-refractivity contribution in [3.8, 4) is 5.75 Å². The van der Waals surface area contributed by atoms with Gasteiger partial charge in [0.1, 0.15) is 5.75 Å². The van der Waals surface area contributed by atoms with Gasteiger partial charge in [-0.2, -0.15) is 0 Å². The number of ether oxygens (including phenoxy) is 1. The molecule has 0 fully saturated rings. The van der Waals surface area contributed by atoms with Gasteiger partial charge >= 0.3 is 0 Å². The Hall–Kier alpha value is -2.32. The molecular weight excluding hydrogens is 258 g/mol. The zero-order valence-corrected chi connectivity index (χ0v) is 11.7. The molecule has 3 aromatic carbocycles. The minimum Gasteiger partial charge on any atom is -0.493 e. The van der Waals surface area contributed by atoms with Crippen LogP contribution in [-0.4, -0.2) is 6.61 Å². The van der Waals surface area contributed by atoms with Crippen LogP contribution < -0.4 is 10.5 Å². The van der Waals surface area contributed by atoms with E-state index in [2.05, 4.69) is 48.5 Å². The Bertz CT molecular complexity index is 796. The molecule has 21 heavy (non-hydrogen) atoms. The molecule has 0 radical (unpaired) electrons. The first-order valence-corrected chi connectivity index (χ1v) is 7.29. The van der Waals surface area contributed by atoms with Crippen molar-refractivity contribution in [2.24, 2.45) is 5.73 Å². The van der Waals surface area contributed by atoms with Gasteiger partial charge in [-0.3, -0.25) is 0 Å². The molecule has 2 nitrogen and oxygen atoms in total. The van der Waals surface area contributed by atoms with Gasteiger partial charge in [0.15, 0.2) is 0 Å². The fourth-order valence-corrected chi connectivity index (χ4v) is 3.13. The van der Waals surface area contributed by atoms with Gasteiger partial charge in [-0.15, -0.1) is 0 Å². The first kappa shape index (κ1) is 12.4. The highest BCUT2D eigenvalue weighted by molar-refractivity contribution is 5.83. The van der Waals surface area contributed by atoms with Gasteiger partial charge in [0, 0.05) is 17.5 Å². The van der Waals surface area contributed by atoms with E-state index in [0.29, 0.717) is 6.61 Å². The Morgan fingerprint density at radius 2 is 1.67 bits per heavy atom. The normalized spacial score (nSPS) is 18.2. The molecule has 0 spiro atoms. The molecule has 0 saturated heterocycles. The molecule has 0 aromatic heterocycles. The summed E-state index contributed by atoms with van der Waals surface area (Å²) in [4.78, 5) is 0. The molecule has 0 bridgehead atoms. The average molecular weight is 275 g/mol. The van der Waals surface area contributed by atoms with Crippen LogP contribution in [0, 0.1) is 0 Å². The topological polar surface area (TPSA) is 35.2 Å². The summed E-state index contributed by atoms with van der Waals surface area (Å²) in [6, 6.07) is 23.0. The lowest BCUT2D eigenvalue weighted by molar-refractivity contribution is 0.315. The number of nitrogens with two attached hydrogens (primary N) is 1. The summed E-state index contributed by atoms with van der Waals surface area (Å²) in [7, 11) is 0. The van der Waals surface area contributed by atoms with Crippen molar-refractivity contribution in [3.63, 3.8) is 0 Å². The number of hydrogen-bond acceptors (Lipinski definition) is 2. The molecule has 2 heteroatoms. The summed E-state index contributed by atoms with van der Waals surface area (Å²) >= 11 is 0. The average Bonchev–Trinajstić information content (AvgIpc) is 2.98. The number of rotatable bonds is 2. The van der Waals surface area contributed by atoms with Crippen LogP contribution in [0.15, 0.2) is 66.7 Å². The molecule has 1 heterocycles. The Balaban J connectivity index is 1.72. The molecule has 0 amide bonds. The molecule has 2 N–H and O–H groups in total.